The van der Waals surface area contributed by atoms with E-state index in [1.807, 2.05) is 11.0 Å². The van der Waals surface area contributed by atoms with Crippen molar-refractivity contribution in [2.24, 2.45) is 5.92 Å². The van der Waals surface area contributed by atoms with Gasteiger partial charge in [0.05, 0.1) is 33.3 Å². The molecule has 2 fully saturated rings. The number of amides is 1. The minimum absolute atomic E-state index is 0.0302. The van der Waals surface area contributed by atoms with Gasteiger partial charge in [0.1, 0.15) is 5.82 Å². The van der Waals surface area contributed by atoms with Crippen LogP contribution in [-0.2, 0) is 24.0 Å². The van der Waals surface area contributed by atoms with E-state index < -0.39 is 0 Å². The number of nitrogens with zero attached hydrogens (tertiary/aromatic N) is 5. The Balaban J connectivity index is 0.000000283. The molecule has 3 aliphatic heterocycles. The number of anilines is 1. The number of hydrogen-bond donors (Lipinski definition) is 2. The van der Waals surface area contributed by atoms with Crippen LogP contribution < -0.4 is 5.73 Å². The van der Waals surface area contributed by atoms with E-state index in [1.165, 1.54) is 19.3 Å². The van der Waals surface area contributed by atoms with Crippen LogP contribution >= 0.6 is 11.3 Å². The minimum atomic E-state index is 0.0302. The van der Waals surface area contributed by atoms with Gasteiger partial charge in [-0.1, -0.05) is 24.3 Å². The lowest BCUT2D eigenvalue weighted by Crippen LogP contribution is -2.22. The van der Waals surface area contributed by atoms with Crippen molar-refractivity contribution in [3.8, 4) is 21.9 Å². The van der Waals surface area contributed by atoms with Crippen LogP contribution in [0.5, 0.6) is 0 Å². The molecule has 5 aromatic rings. The molecule has 1 amide bonds. The van der Waals surface area contributed by atoms with Crippen molar-refractivity contribution in [1.29, 1.82) is 0 Å². The third kappa shape index (κ3) is 6.10. The van der Waals surface area contributed by atoms with Crippen LogP contribution in [0.1, 0.15) is 83.3 Å². The van der Waals surface area contributed by atoms with Crippen LogP contribution in [0, 0.1) is 12.8 Å². The molecule has 3 N–H and O–H groups in total. The smallest absolute Gasteiger partial charge is 0.257 e. The molecule has 0 saturated carbocycles. The molecule has 48 heavy (non-hydrogen) atoms. The van der Waals surface area contributed by atoms with Gasteiger partial charge in [-0.15, -0.1) is 21.5 Å². The van der Waals surface area contributed by atoms with Crippen LogP contribution in [0.3, 0.4) is 0 Å². The van der Waals surface area contributed by atoms with Crippen molar-refractivity contribution in [1.82, 2.24) is 25.1 Å². The summed E-state index contributed by atoms with van der Waals surface area (Å²) in [6.07, 6.45) is 11.5. The number of carbonyl (C=O) groups excluding carboxylic acids is 1. The number of fused-ring (bicyclic) bond motifs is 5. The highest BCUT2D eigenvalue weighted by molar-refractivity contribution is 7.22. The zero-order valence-corrected chi connectivity index (χ0v) is 28.4. The Bertz CT molecular complexity index is 1910. The normalized spacial score (nSPS) is 18.2. The van der Waals surface area contributed by atoms with E-state index in [9.17, 15) is 4.79 Å². The number of hydrogen-bond acceptors (Lipinski definition) is 10. The average molecular weight is 667 g/mol. The SMILES string of the molecule is CO.Cc1nnc(-c2c(CCC3CCOCC3)nc3c(c2-c2cc4ccnc(N)c4s2)C(=O)N2CCCC32)o1.c1ccc2c(c1)CCC2. The highest BCUT2D eigenvalue weighted by Gasteiger charge is 2.45. The fourth-order valence-electron chi connectivity index (χ4n) is 7.60. The lowest BCUT2D eigenvalue weighted by molar-refractivity contribution is 0.0639. The molecule has 4 aliphatic rings. The molecule has 11 heteroatoms. The van der Waals surface area contributed by atoms with Gasteiger partial charge in [0.15, 0.2) is 0 Å². The Morgan fingerprint density at radius 2 is 1.77 bits per heavy atom. The number of benzene rings is 1. The molecule has 250 valence electrons. The van der Waals surface area contributed by atoms with Gasteiger partial charge in [0, 0.05) is 50.4 Å². The van der Waals surface area contributed by atoms with E-state index in [-0.39, 0.29) is 11.9 Å². The predicted octanol–water partition coefficient (Wildman–Crippen LogP) is 6.73. The van der Waals surface area contributed by atoms with Crippen LogP contribution in [-0.4, -0.2) is 62.9 Å². The summed E-state index contributed by atoms with van der Waals surface area (Å²) >= 11 is 1.55. The molecule has 9 rings (SSSR count). The fraction of sp³-hybridized carbons (Fsp3) is 0.432. The molecule has 7 heterocycles. The number of thiophene rings is 1. The summed E-state index contributed by atoms with van der Waals surface area (Å²) in [6, 6.07) is 12.8. The second kappa shape index (κ2) is 14.1. The molecule has 1 atom stereocenters. The summed E-state index contributed by atoms with van der Waals surface area (Å²) in [6.45, 7) is 4.17. The van der Waals surface area contributed by atoms with Crippen molar-refractivity contribution in [3.63, 3.8) is 0 Å². The zero-order valence-electron chi connectivity index (χ0n) is 27.6. The van der Waals surface area contributed by atoms with Crippen LogP contribution in [0.2, 0.25) is 0 Å². The first kappa shape index (κ1) is 32.4. The summed E-state index contributed by atoms with van der Waals surface area (Å²) < 4.78 is 12.5. The molecule has 10 nitrogen and oxygen atoms in total. The predicted molar refractivity (Wildman–Crippen MR) is 187 cm³/mol. The van der Waals surface area contributed by atoms with Crippen LogP contribution in [0.25, 0.3) is 32.0 Å². The first-order valence-corrected chi connectivity index (χ1v) is 17.8. The molecule has 1 aromatic carbocycles. The molecule has 2 saturated heterocycles. The second-order valence-corrected chi connectivity index (χ2v) is 13.8. The molecular weight excluding hydrogens is 625 g/mol. The minimum Gasteiger partial charge on any atom is -0.421 e. The molecule has 0 radical (unpaired) electrons. The maximum atomic E-state index is 13.8. The Labute approximate surface area is 284 Å². The molecule has 1 aliphatic carbocycles. The van der Waals surface area contributed by atoms with E-state index >= 15 is 0 Å². The van der Waals surface area contributed by atoms with E-state index in [0.29, 0.717) is 29.1 Å². The van der Waals surface area contributed by atoms with E-state index in [2.05, 4.69) is 45.5 Å². The quantitative estimate of drug-likeness (QED) is 0.209. The number of nitrogens with two attached hydrogens (primary N) is 1. The Kier molecular flexibility index (Phi) is 9.52. The number of aliphatic hydroxyl groups is 1. The van der Waals surface area contributed by atoms with Gasteiger partial charge in [-0.2, -0.15) is 0 Å². The summed E-state index contributed by atoms with van der Waals surface area (Å²) in [7, 11) is 1.00. The summed E-state index contributed by atoms with van der Waals surface area (Å²) in [4.78, 5) is 26.3. The third-order valence-electron chi connectivity index (χ3n) is 9.93. The molecule has 1 unspecified atom stereocenters. The average Bonchev–Trinajstić information content (AvgIpc) is 3.96. The van der Waals surface area contributed by atoms with Crippen LogP contribution in [0.4, 0.5) is 5.82 Å². The lowest BCUT2D eigenvalue weighted by atomic mass is 9.90. The first-order chi connectivity index (χ1) is 23.5. The highest BCUT2D eigenvalue weighted by Crippen LogP contribution is 2.50. The van der Waals surface area contributed by atoms with Crippen molar-refractivity contribution < 1.29 is 19.1 Å². The summed E-state index contributed by atoms with van der Waals surface area (Å²) in [5, 5.41) is 16.6. The number of aryl methyl sites for hydroxylation is 4. The lowest BCUT2D eigenvalue weighted by Gasteiger charge is -2.22. The zero-order chi connectivity index (χ0) is 33.2. The van der Waals surface area contributed by atoms with Crippen molar-refractivity contribution in [2.45, 2.75) is 70.8 Å². The van der Waals surface area contributed by atoms with Gasteiger partial charge in [0.25, 0.3) is 5.91 Å². The highest BCUT2D eigenvalue weighted by atomic mass is 32.1. The summed E-state index contributed by atoms with van der Waals surface area (Å²) in [5.41, 5.74) is 13.5. The van der Waals surface area contributed by atoms with E-state index in [4.69, 9.17) is 25.0 Å². The van der Waals surface area contributed by atoms with Gasteiger partial charge in [-0.25, -0.2) is 4.98 Å². The Morgan fingerprint density at radius 3 is 2.48 bits per heavy atom. The monoisotopic (exact) mass is 666 g/mol. The van der Waals surface area contributed by atoms with Gasteiger partial charge in [-0.05, 0) is 92.4 Å². The number of ether oxygens (including phenoxy) is 1. The Hall–Kier alpha value is -4.19. The van der Waals surface area contributed by atoms with Crippen molar-refractivity contribution in [2.75, 3.05) is 32.6 Å². The van der Waals surface area contributed by atoms with Crippen molar-refractivity contribution in [3.05, 3.63) is 76.6 Å². The van der Waals surface area contributed by atoms with Crippen molar-refractivity contribution >= 4 is 33.1 Å². The standard InChI is InChI=1S/C27H28N6O3S.C9H10.CH4O/c1-14-31-32-26(36-14)20-17(5-4-15-7-11-35-12-8-15)30-23-18-3-2-10-33(18)27(34)22(23)21(20)19-13-16-6-9-29-25(28)24(16)37-19;1-2-5-9-7-3-6-8(9)4-1;1-2/h6,9,13,15,18H,2-5,7-8,10-12H2,1H3,(H2,28,29);1-2,4-5H,3,6-7H2;2H,1H3. The number of carbonyl (C=O) groups is 1. The Morgan fingerprint density at radius 1 is 1.00 bits per heavy atom. The third-order valence-corrected chi connectivity index (χ3v) is 11.1. The van der Waals surface area contributed by atoms with Crippen LogP contribution in [0.15, 0.2) is 47.0 Å². The second-order valence-electron chi connectivity index (χ2n) is 12.8. The first-order valence-electron chi connectivity index (χ1n) is 17.0. The molecule has 0 spiro atoms. The largest absolute Gasteiger partial charge is 0.421 e. The fourth-order valence-corrected chi connectivity index (χ4v) is 8.72. The van der Waals surface area contributed by atoms with E-state index in [1.54, 1.807) is 35.6 Å². The van der Waals surface area contributed by atoms with E-state index in [0.717, 1.165) is 103 Å². The number of pyridine rings is 2. The number of aromatic nitrogens is 4. The van der Waals surface area contributed by atoms with Gasteiger partial charge < -0.3 is 24.9 Å². The molecular formula is C37H42N6O4S. The maximum Gasteiger partial charge on any atom is 0.257 e. The number of aliphatic hydroxyl groups excluding tert-OH is 1. The van der Waals surface area contributed by atoms with Gasteiger partial charge in [-0.3, -0.25) is 9.78 Å². The van der Waals surface area contributed by atoms with Gasteiger partial charge in [0.2, 0.25) is 11.8 Å². The number of rotatable bonds is 5. The van der Waals surface area contributed by atoms with Gasteiger partial charge >= 0.3 is 0 Å². The topological polar surface area (TPSA) is 140 Å². The number of nitrogen functional groups attached to an aromatic ring is 1. The molecule has 4 aromatic heterocycles. The summed E-state index contributed by atoms with van der Waals surface area (Å²) in [5.74, 6) is 2.00. The molecule has 0 bridgehead atoms. The maximum absolute atomic E-state index is 13.8.